The van der Waals surface area contributed by atoms with E-state index >= 15 is 0 Å². The van der Waals surface area contributed by atoms with Crippen LogP contribution in [0.2, 0.25) is 0 Å². The Labute approximate surface area is 94.6 Å². The first-order chi connectivity index (χ1) is 7.37. The molecule has 0 fully saturated rings. The number of nitrogens with one attached hydrogen (secondary N) is 1. The van der Waals surface area contributed by atoms with Crippen LogP contribution in [-0.4, -0.2) is 12.3 Å². The van der Waals surface area contributed by atoms with Crippen LogP contribution in [0.5, 0.6) is 0 Å². The van der Waals surface area contributed by atoms with Gasteiger partial charge in [0, 0.05) is 12.6 Å². The third-order valence-corrected chi connectivity index (χ3v) is 1.86. The van der Waals surface area contributed by atoms with E-state index in [-0.39, 0.29) is 5.60 Å². The highest BCUT2D eigenvalue weighted by molar-refractivity contribution is 5.17. The van der Waals surface area contributed by atoms with E-state index in [4.69, 9.17) is 4.74 Å². The predicted molar refractivity (Wildman–Crippen MR) is 58.9 cm³/mol. The first-order valence-electron chi connectivity index (χ1n) is 5.16. The number of hydrogen-bond donors (Lipinski definition) is 1. The van der Waals surface area contributed by atoms with E-state index in [0.717, 1.165) is 6.07 Å². The molecule has 1 rings (SSSR count). The van der Waals surface area contributed by atoms with Crippen molar-refractivity contribution in [3.63, 3.8) is 0 Å². The van der Waals surface area contributed by atoms with E-state index in [1.807, 2.05) is 20.8 Å². The molecule has 0 amide bonds. The molecule has 0 saturated heterocycles. The highest BCUT2D eigenvalue weighted by Gasteiger charge is 2.08. The van der Waals surface area contributed by atoms with Gasteiger partial charge < -0.3 is 4.74 Å². The number of benzene rings is 1. The molecule has 0 aliphatic rings. The Morgan fingerprint density at radius 2 is 1.69 bits per heavy atom. The highest BCUT2D eigenvalue weighted by Crippen LogP contribution is 2.08. The maximum absolute atomic E-state index is 12.8. The van der Waals surface area contributed by atoms with Crippen LogP contribution in [0.25, 0.3) is 0 Å². The molecule has 0 heterocycles. The first kappa shape index (κ1) is 13.1. The molecular formula is C12H17F2NO. The van der Waals surface area contributed by atoms with E-state index in [0.29, 0.717) is 18.8 Å². The van der Waals surface area contributed by atoms with Crippen molar-refractivity contribution in [2.75, 3.05) is 6.73 Å². The molecule has 0 unspecified atom stereocenters. The minimum Gasteiger partial charge on any atom is -0.361 e. The minimum absolute atomic E-state index is 0.222. The van der Waals surface area contributed by atoms with Crippen molar-refractivity contribution in [3.05, 3.63) is 35.4 Å². The molecule has 2 nitrogen and oxygen atoms in total. The number of rotatable bonds is 4. The average molecular weight is 229 g/mol. The lowest BCUT2D eigenvalue weighted by Gasteiger charge is -2.19. The normalized spacial score (nSPS) is 11.8. The second-order valence-electron chi connectivity index (χ2n) is 4.61. The summed E-state index contributed by atoms with van der Waals surface area (Å²) in [6.07, 6.45) is 0. The highest BCUT2D eigenvalue weighted by atomic mass is 19.1. The monoisotopic (exact) mass is 229 g/mol. The summed E-state index contributed by atoms with van der Waals surface area (Å²) in [4.78, 5) is 0. The van der Waals surface area contributed by atoms with Crippen LogP contribution in [0.3, 0.4) is 0 Å². The zero-order valence-electron chi connectivity index (χ0n) is 9.81. The van der Waals surface area contributed by atoms with Crippen molar-refractivity contribution in [2.45, 2.75) is 32.9 Å². The van der Waals surface area contributed by atoms with Crippen molar-refractivity contribution in [1.82, 2.24) is 5.32 Å². The molecule has 0 atom stereocenters. The lowest BCUT2D eigenvalue weighted by atomic mass is 10.2. The van der Waals surface area contributed by atoms with Gasteiger partial charge >= 0.3 is 0 Å². The van der Waals surface area contributed by atoms with Crippen LogP contribution in [-0.2, 0) is 11.3 Å². The van der Waals surface area contributed by atoms with Crippen LogP contribution < -0.4 is 5.32 Å². The summed E-state index contributed by atoms with van der Waals surface area (Å²) < 4.78 is 31.1. The molecule has 0 radical (unpaired) electrons. The fourth-order valence-corrected chi connectivity index (χ4v) is 1.18. The third kappa shape index (κ3) is 5.19. The second kappa shape index (κ2) is 5.37. The largest absolute Gasteiger partial charge is 0.361 e. The molecule has 4 heteroatoms. The van der Waals surface area contributed by atoms with Gasteiger partial charge in [-0.15, -0.1) is 0 Å². The van der Waals surface area contributed by atoms with Gasteiger partial charge in [-0.3, -0.25) is 5.32 Å². The Bertz CT molecular complexity index is 327. The fourth-order valence-electron chi connectivity index (χ4n) is 1.18. The molecule has 0 aromatic heterocycles. The summed E-state index contributed by atoms with van der Waals surface area (Å²) in [5, 5.41) is 2.96. The second-order valence-corrected chi connectivity index (χ2v) is 4.61. The van der Waals surface area contributed by atoms with Crippen molar-refractivity contribution >= 4 is 0 Å². The van der Waals surface area contributed by atoms with Gasteiger partial charge in [0.1, 0.15) is 11.6 Å². The minimum atomic E-state index is -0.562. The van der Waals surface area contributed by atoms with Gasteiger partial charge in [0.05, 0.1) is 12.3 Å². The molecule has 0 spiro atoms. The molecule has 0 aliphatic heterocycles. The number of halogens is 2. The Hall–Kier alpha value is -1.00. The predicted octanol–water partition coefficient (Wildman–Crippen LogP) is 2.83. The topological polar surface area (TPSA) is 21.3 Å². The fraction of sp³-hybridized carbons (Fsp3) is 0.500. The number of hydrogen-bond acceptors (Lipinski definition) is 2. The van der Waals surface area contributed by atoms with Gasteiger partial charge in [0.2, 0.25) is 0 Å². The van der Waals surface area contributed by atoms with Crippen LogP contribution in [0.4, 0.5) is 8.78 Å². The first-order valence-corrected chi connectivity index (χ1v) is 5.16. The molecule has 1 aromatic carbocycles. The van der Waals surface area contributed by atoms with Crippen molar-refractivity contribution in [3.8, 4) is 0 Å². The molecular weight excluding hydrogens is 212 g/mol. The zero-order valence-corrected chi connectivity index (χ0v) is 9.81. The average Bonchev–Trinajstić information content (AvgIpc) is 2.09. The van der Waals surface area contributed by atoms with Gasteiger partial charge in [-0.25, -0.2) is 8.78 Å². The Balaban J connectivity index is 2.37. The van der Waals surface area contributed by atoms with Crippen molar-refractivity contribution in [1.29, 1.82) is 0 Å². The van der Waals surface area contributed by atoms with Gasteiger partial charge in [-0.1, -0.05) is 0 Å². The van der Waals surface area contributed by atoms with E-state index < -0.39 is 11.6 Å². The van der Waals surface area contributed by atoms with Crippen LogP contribution in [0.15, 0.2) is 18.2 Å². The molecule has 90 valence electrons. The molecule has 1 aromatic rings. The SMILES string of the molecule is CC(C)(C)OCNCc1cc(F)cc(F)c1. The van der Waals surface area contributed by atoms with Gasteiger partial charge in [-0.05, 0) is 38.5 Å². The standard InChI is InChI=1S/C12H17F2NO/c1-12(2,3)16-8-15-7-9-4-10(13)6-11(14)5-9/h4-6,15H,7-8H2,1-3H3. The van der Waals surface area contributed by atoms with Crippen molar-refractivity contribution in [2.24, 2.45) is 0 Å². The van der Waals surface area contributed by atoms with Crippen molar-refractivity contribution < 1.29 is 13.5 Å². The molecule has 0 aliphatic carbocycles. The van der Waals surface area contributed by atoms with E-state index in [1.165, 1.54) is 12.1 Å². The van der Waals surface area contributed by atoms with Crippen LogP contribution in [0, 0.1) is 11.6 Å². The summed E-state index contributed by atoms with van der Waals surface area (Å²) in [6.45, 7) is 6.55. The molecule has 0 saturated carbocycles. The van der Waals surface area contributed by atoms with Gasteiger partial charge in [0.15, 0.2) is 0 Å². The lowest BCUT2D eigenvalue weighted by molar-refractivity contribution is -0.0138. The van der Waals surface area contributed by atoms with E-state index in [9.17, 15) is 8.78 Å². The number of ether oxygens (including phenoxy) is 1. The summed E-state index contributed by atoms with van der Waals surface area (Å²) in [7, 11) is 0. The maximum atomic E-state index is 12.8. The summed E-state index contributed by atoms with van der Waals surface area (Å²) >= 11 is 0. The van der Waals surface area contributed by atoms with E-state index in [1.54, 1.807) is 0 Å². The summed E-state index contributed by atoms with van der Waals surface area (Å²) in [6, 6.07) is 3.45. The van der Waals surface area contributed by atoms with Gasteiger partial charge in [0.25, 0.3) is 0 Å². The molecule has 0 bridgehead atoms. The Morgan fingerprint density at radius 3 is 2.19 bits per heavy atom. The van der Waals surface area contributed by atoms with E-state index in [2.05, 4.69) is 5.32 Å². The summed E-state index contributed by atoms with van der Waals surface area (Å²) in [5.74, 6) is -1.12. The third-order valence-electron chi connectivity index (χ3n) is 1.86. The smallest absolute Gasteiger partial charge is 0.126 e. The van der Waals surface area contributed by atoms with Gasteiger partial charge in [-0.2, -0.15) is 0 Å². The quantitative estimate of drug-likeness (QED) is 0.633. The summed E-state index contributed by atoms with van der Waals surface area (Å²) in [5.41, 5.74) is 0.343. The zero-order chi connectivity index (χ0) is 12.2. The van der Waals surface area contributed by atoms with Crippen LogP contribution >= 0.6 is 0 Å². The Morgan fingerprint density at radius 1 is 1.12 bits per heavy atom. The maximum Gasteiger partial charge on any atom is 0.126 e. The lowest BCUT2D eigenvalue weighted by Crippen LogP contribution is -2.27. The molecule has 16 heavy (non-hydrogen) atoms. The van der Waals surface area contributed by atoms with Crippen LogP contribution in [0.1, 0.15) is 26.3 Å². The Kier molecular flexibility index (Phi) is 4.38. The molecule has 1 N–H and O–H groups in total.